The first-order chi connectivity index (χ1) is 16.5. The van der Waals surface area contributed by atoms with E-state index in [9.17, 15) is 9.59 Å². The maximum atomic E-state index is 13.5. The quantitative estimate of drug-likeness (QED) is 0.266. The Balaban J connectivity index is 1.63. The minimum absolute atomic E-state index is 0.237. The van der Waals surface area contributed by atoms with Gasteiger partial charge in [0.1, 0.15) is 11.5 Å². The van der Waals surface area contributed by atoms with Crippen molar-refractivity contribution in [1.82, 2.24) is 4.57 Å². The number of carbonyl (C=O) groups excluding carboxylic acids is 1. The van der Waals surface area contributed by atoms with Crippen LogP contribution in [-0.2, 0) is 9.53 Å². The van der Waals surface area contributed by atoms with Crippen LogP contribution in [0.1, 0.15) is 24.3 Å². The number of rotatable bonds is 4. The van der Waals surface area contributed by atoms with Crippen molar-refractivity contribution in [1.29, 1.82) is 0 Å². The van der Waals surface area contributed by atoms with E-state index in [1.807, 2.05) is 66.7 Å². The van der Waals surface area contributed by atoms with Gasteiger partial charge >= 0.3 is 5.97 Å². The number of hydrogen-bond acceptors (Lipinski definition) is 6. The SMILES string of the molecule is COC(=O)C1=C(C)N=c2s/c(=C\c3ccc(-c4ccc(I)cc4)o3)c(=O)n2[C@H]1c1ccccc1. The Hall–Kier alpha value is -3.24. The highest BCUT2D eigenvalue weighted by Gasteiger charge is 2.32. The van der Waals surface area contributed by atoms with Gasteiger partial charge in [0.05, 0.1) is 29.0 Å². The number of furan rings is 1. The molecule has 0 saturated heterocycles. The Labute approximate surface area is 212 Å². The molecule has 2 aromatic carbocycles. The second kappa shape index (κ2) is 9.19. The van der Waals surface area contributed by atoms with Gasteiger partial charge in [-0.3, -0.25) is 9.36 Å². The molecule has 0 saturated carbocycles. The third kappa shape index (κ3) is 4.07. The monoisotopic (exact) mass is 582 g/mol. The highest BCUT2D eigenvalue weighted by atomic mass is 127. The number of methoxy groups -OCH3 is 1. The summed E-state index contributed by atoms with van der Waals surface area (Å²) in [7, 11) is 1.33. The molecular formula is C26H19IN2O4S. The van der Waals surface area contributed by atoms with Gasteiger partial charge in [-0.2, -0.15) is 0 Å². The minimum atomic E-state index is -0.619. The second-order valence-corrected chi connectivity index (χ2v) is 9.95. The van der Waals surface area contributed by atoms with Gasteiger partial charge in [0.15, 0.2) is 4.80 Å². The number of halogens is 1. The van der Waals surface area contributed by atoms with Crippen LogP contribution in [0.25, 0.3) is 17.4 Å². The van der Waals surface area contributed by atoms with Crippen molar-refractivity contribution in [2.24, 2.45) is 4.99 Å². The topological polar surface area (TPSA) is 73.8 Å². The number of thiazole rings is 1. The number of esters is 1. The Kier molecular flexibility index (Phi) is 6.09. The lowest BCUT2D eigenvalue weighted by atomic mass is 9.96. The van der Waals surface area contributed by atoms with E-state index in [4.69, 9.17) is 9.15 Å². The predicted molar refractivity (Wildman–Crippen MR) is 139 cm³/mol. The van der Waals surface area contributed by atoms with Crippen LogP contribution in [0.5, 0.6) is 0 Å². The van der Waals surface area contributed by atoms with Crippen molar-refractivity contribution < 1.29 is 13.9 Å². The zero-order chi connectivity index (χ0) is 23.8. The van der Waals surface area contributed by atoms with Crippen LogP contribution in [0.3, 0.4) is 0 Å². The van der Waals surface area contributed by atoms with Crippen LogP contribution in [0.4, 0.5) is 0 Å². The summed E-state index contributed by atoms with van der Waals surface area (Å²) in [5.41, 5.74) is 2.42. The van der Waals surface area contributed by atoms with E-state index in [0.29, 0.717) is 26.4 Å². The Morgan fingerprint density at radius 3 is 2.56 bits per heavy atom. The van der Waals surface area contributed by atoms with E-state index in [0.717, 1.165) is 20.5 Å². The lowest BCUT2D eigenvalue weighted by Gasteiger charge is -2.24. The number of nitrogens with zero attached hydrogens (tertiary/aromatic N) is 2. The molecule has 0 bridgehead atoms. The fourth-order valence-electron chi connectivity index (χ4n) is 3.97. The number of allylic oxidation sites excluding steroid dienone is 1. The summed E-state index contributed by atoms with van der Waals surface area (Å²) in [6.07, 6.45) is 1.72. The standard InChI is InChI=1S/C26H19IN2O4S/c1-15-22(25(31)32-2)23(17-6-4-3-5-7-17)29-24(30)21(34-26(29)28-15)14-19-12-13-20(33-19)16-8-10-18(27)11-9-16/h3-14,23H,1-2H3/b21-14-/t23-/m0/s1. The van der Waals surface area contributed by atoms with Crippen LogP contribution in [-0.4, -0.2) is 17.6 Å². The van der Waals surface area contributed by atoms with Gasteiger partial charge < -0.3 is 9.15 Å². The summed E-state index contributed by atoms with van der Waals surface area (Å²) in [4.78, 5) is 31.3. The number of ether oxygens (including phenoxy) is 1. The van der Waals surface area contributed by atoms with Crippen LogP contribution in [0.15, 0.2) is 92.2 Å². The third-order valence-electron chi connectivity index (χ3n) is 5.57. The van der Waals surface area contributed by atoms with Gasteiger partial charge in [-0.25, -0.2) is 9.79 Å². The molecule has 4 aromatic rings. The lowest BCUT2D eigenvalue weighted by molar-refractivity contribution is -0.136. The third-order valence-corrected chi connectivity index (χ3v) is 7.27. The summed E-state index contributed by atoms with van der Waals surface area (Å²) in [6.45, 7) is 1.76. The molecule has 0 amide bonds. The number of carbonyl (C=O) groups is 1. The van der Waals surface area contributed by atoms with Crippen molar-refractivity contribution in [3.8, 4) is 11.3 Å². The molecule has 34 heavy (non-hydrogen) atoms. The predicted octanol–water partition coefficient (Wildman–Crippen LogP) is 4.27. The van der Waals surface area contributed by atoms with Gasteiger partial charge in [0, 0.05) is 15.2 Å². The first-order valence-electron chi connectivity index (χ1n) is 10.5. The number of hydrogen-bond donors (Lipinski definition) is 0. The molecule has 0 fully saturated rings. The largest absolute Gasteiger partial charge is 0.466 e. The highest BCUT2D eigenvalue weighted by molar-refractivity contribution is 14.1. The van der Waals surface area contributed by atoms with E-state index >= 15 is 0 Å². The van der Waals surface area contributed by atoms with Crippen molar-refractivity contribution in [2.75, 3.05) is 7.11 Å². The highest BCUT2D eigenvalue weighted by Crippen LogP contribution is 2.30. The normalized spacial score (nSPS) is 15.7. The summed E-state index contributed by atoms with van der Waals surface area (Å²) in [6, 6.07) is 20.6. The molecule has 1 atom stereocenters. The van der Waals surface area contributed by atoms with Crippen LogP contribution in [0.2, 0.25) is 0 Å². The summed E-state index contributed by atoms with van der Waals surface area (Å²) < 4.78 is 14.2. The molecular weight excluding hydrogens is 563 g/mol. The van der Waals surface area contributed by atoms with Gasteiger partial charge in [-0.05, 0) is 59.3 Å². The van der Waals surface area contributed by atoms with Crippen LogP contribution in [0, 0.1) is 3.57 Å². The Morgan fingerprint density at radius 2 is 1.85 bits per heavy atom. The summed E-state index contributed by atoms with van der Waals surface area (Å²) in [5, 5.41) is 0. The van der Waals surface area contributed by atoms with Crippen molar-refractivity contribution in [3.63, 3.8) is 0 Å². The fourth-order valence-corrected chi connectivity index (χ4v) is 5.36. The molecule has 0 N–H and O–H groups in total. The molecule has 0 spiro atoms. The maximum Gasteiger partial charge on any atom is 0.338 e. The van der Waals surface area contributed by atoms with Gasteiger partial charge in [-0.15, -0.1) is 0 Å². The van der Waals surface area contributed by atoms with E-state index in [-0.39, 0.29) is 5.56 Å². The smallest absolute Gasteiger partial charge is 0.338 e. The zero-order valence-corrected chi connectivity index (χ0v) is 21.3. The van der Waals surface area contributed by atoms with Gasteiger partial charge in [-0.1, -0.05) is 53.8 Å². The van der Waals surface area contributed by atoms with E-state index in [1.54, 1.807) is 17.6 Å². The van der Waals surface area contributed by atoms with E-state index in [1.165, 1.54) is 18.4 Å². The van der Waals surface area contributed by atoms with Crippen molar-refractivity contribution in [2.45, 2.75) is 13.0 Å². The van der Waals surface area contributed by atoms with Crippen molar-refractivity contribution >= 4 is 46.0 Å². The minimum Gasteiger partial charge on any atom is -0.466 e. The average molecular weight is 582 g/mol. The molecule has 0 radical (unpaired) electrons. The van der Waals surface area contributed by atoms with E-state index in [2.05, 4.69) is 27.6 Å². The Morgan fingerprint density at radius 1 is 1.12 bits per heavy atom. The number of benzene rings is 2. The fraction of sp³-hybridized carbons (Fsp3) is 0.115. The number of fused-ring (bicyclic) bond motifs is 1. The zero-order valence-electron chi connectivity index (χ0n) is 18.3. The molecule has 1 aliphatic rings. The summed E-state index contributed by atoms with van der Waals surface area (Å²) >= 11 is 3.53. The molecule has 0 aliphatic carbocycles. The molecule has 2 aromatic heterocycles. The second-order valence-electron chi connectivity index (χ2n) is 7.69. The first-order valence-corrected chi connectivity index (χ1v) is 12.4. The van der Waals surface area contributed by atoms with Gasteiger partial charge in [0.2, 0.25) is 0 Å². The molecule has 0 unspecified atom stereocenters. The molecule has 6 nitrogen and oxygen atoms in total. The number of aromatic nitrogens is 1. The molecule has 5 rings (SSSR count). The van der Waals surface area contributed by atoms with Gasteiger partial charge in [0.25, 0.3) is 5.56 Å². The average Bonchev–Trinajstić information content (AvgIpc) is 3.43. The lowest BCUT2D eigenvalue weighted by Crippen LogP contribution is -2.39. The van der Waals surface area contributed by atoms with Crippen molar-refractivity contribution in [3.05, 3.63) is 113 Å². The molecule has 1 aliphatic heterocycles. The van der Waals surface area contributed by atoms with Crippen LogP contribution < -0.4 is 14.9 Å². The molecule has 3 heterocycles. The molecule has 170 valence electrons. The van der Waals surface area contributed by atoms with Crippen LogP contribution >= 0.6 is 33.9 Å². The summed E-state index contributed by atoms with van der Waals surface area (Å²) in [5.74, 6) is 0.790. The Bertz CT molecular complexity index is 1590. The molecule has 8 heteroatoms. The first kappa shape index (κ1) is 22.5. The van der Waals surface area contributed by atoms with E-state index < -0.39 is 12.0 Å². The maximum absolute atomic E-state index is 13.5.